The van der Waals surface area contributed by atoms with Crippen molar-refractivity contribution in [1.82, 2.24) is 0 Å². The molecule has 0 amide bonds. The van der Waals surface area contributed by atoms with E-state index in [0.29, 0.717) is 0 Å². The van der Waals surface area contributed by atoms with Gasteiger partial charge in [-0.25, -0.2) is 14.4 Å². The summed E-state index contributed by atoms with van der Waals surface area (Å²) in [5, 5.41) is 26.7. The van der Waals surface area contributed by atoms with E-state index in [2.05, 4.69) is 0 Å². The minimum atomic E-state index is -1.28. The molecule has 0 aliphatic rings. The molecule has 0 heterocycles. The molecule has 0 aliphatic carbocycles. The van der Waals surface area contributed by atoms with Crippen LogP contribution in [-0.2, 0) is 0 Å². The molecule has 112 valence electrons. The maximum absolute atomic E-state index is 11.0. The van der Waals surface area contributed by atoms with E-state index in [4.69, 9.17) is 20.1 Å². The topological polar surface area (TPSA) is 121 Å². The Morgan fingerprint density at radius 3 is 1.50 bits per heavy atom. The molecule has 2 rings (SSSR count). The van der Waals surface area contributed by atoms with Crippen LogP contribution >= 0.6 is 0 Å². The van der Waals surface area contributed by atoms with Gasteiger partial charge in [0.2, 0.25) is 0 Å². The first-order valence-electron chi connectivity index (χ1n) is 5.99. The predicted molar refractivity (Wildman–Crippen MR) is 73.8 cm³/mol. The lowest BCUT2D eigenvalue weighted by molar-refractivity contribution is 0.0681. The number of carboxylic acids is 3. The van der Waals surface area contributed by atoms with Gasteiger partial charge in [-0.15, -0.1) is 0 Å². The van der Waals surface area contributed by atoms with E-state index in [1.807, 2.05) is 0 Å². The van der Waals surface area contributed by atoms with Crippen molar-refractivity contribution in [3.63, 3.8) is 0 Å². The number of hydrogen-bond acceptors (Lipinski definition) is 4. The fourth-order valence-electron chi connectivity index (χ4n) is 1.71. The van der Waals surface area contributed by atoms with Gasteiger partial charge in [-0.1, -0.05) is 0 Å². The molecule has 0 bridgehead atoms. The monoisotopic (exact) mass is 302 g/mol. The summed E-state index contributed by atoms with van der Waals surface area (Å²) in [5.41, 5.74) is -0.382. The second-order valence-electron chi connectivity index (χ2n) is 4.29. The van der Waals surface area contributed by atoms with Gasteiger partial charge in [0.1, 0.15) is 11.5 Å². The van der Waals surface area contributed by atoms with Gasteiger partial charge in [-0.2, -0.15) is 0 Å². The minimum Gasteiger partial charge on any atom is -0.478 e. The van der Waals surface area contributed by atoms with E-state index in [1.165, 1.54) is 36.4 Å². The molecule has 0 fully saturated rings. The lowest BCUT2D eigenvalue weighted by Gasteiger charge is -2.08. The van der Waals surface area contributed by atoms with Crippen molar-refractivity contribution in [3.05, 3.63) is 59.2 Å². The minimum absolute atomic E-state index is 0.0281. The van der Waals surface area contributed by atoms with Gasteiger partial charge < -0.3 is 20.1 Å². The van der Waals surface area contributed by atoms with E-state index >= 15 is 0 Å². The number of hydrogen-bond donors (Lipinski definition) is 3. The van der Waals surface area contributed by atoms with Gasteiger partial charge >= 0.3 is 17.9 Å². The van der Waals surface area contributed by atoms with E-state index < -0.39 is 17.9 Å². The maximum atomic E-state index is 11.0. The lowest BCUT2D eigenvalue weighted by atomic mass is 10.1. The molecule has 22 heavy (non-hydrogen) atoms. The molecule has 0 unspecified atom stereocenters. The summed E-state index contributed by atoms with van der Waals surface area (Å²) in [4.78, 5) is 32.7. The van der Waals surface area contributed by atoms with Crippen molar-refractivity contribution in [1.29, 1.82) is 0 Å². The molecule has 0 spiro atoms. The normalized spacial score (nSPS) is 10.0. The van der Waals surface area contributed by atoms with Crippen LogP contribution in [0.4, 0.5) is 0 Å². The molecule has 0 radical (unpaired) electrons. The van der Waals surface area contributed by atoms with Crippen molar-refractivity contribution in [3.8, 4) is 11.5 Å². The molecule has 7 nitrogen and oxygen atoms in total. The number of ether oxygens (including phenoxy) is 1. The van der Waals surface area contributed by atoms with Crippen molar-refractivity contribution in [2.45, 2.75) is 0 Å². The van der Waals surface area contributed by atoms with Gasteiger partial charge in [-0.3, -0.25) is 0 Å². The highest BCUT2D eigenvalue weighted by molar-refractivity contribution is 5.94. The zero-order valence-electron chi connectivity index (χ0n) is 11.0. The third-order valence-electron chi connectivity index (χ3n) is 2.74. The molecule has 2 aromatic rings. The van der Waals surface area contributed by atoms with Crippen molar-refractivity contribution < 1.29 is 34.4 Å². The highest BCUT2D eigenvalue weighted by Gasteiger charge is 2.13. The smallest absolute Gasteiger partial charge is 0.335 e. The largest absolute Gasteiger partial charge is 0.478 e. The Balaban J connectivity index is 2.33. The van der Waals surface area contributed by atoms with Gasteiger partial charge in [0.05, 0.1) is 16.7 Å². The van der Waals surface area contributed by atoms with Gasteiger partial charge in [0, 0.05) is 0 Å². The predicted octanol–water partition coefficient (Wildman–Crippen LogP) is 2.57. The van der Waals surface area contributed by atoms with E-state index in [9.17, 15) is 14.4 Å². The summed E-state index contributed by atoms with van der Waals surface area (Å²) in [7, 11) is 0. The third-order valence-corrected chi connectivity index (χ3v) is 2.74. The standard InChI is InChI=1S/C15H10O7/c16-13(17)8-1-3-11(4-2-8)22-12-6-9(14(18)19)5-10(7-12)15(20)21/h1-7H,(H,16,17)(H,18,19)(H,20,21). The quantitative estimate of drug-likeness (QED) is 0.776. The molecular weight excluding hydrogens is 292 g/mol. The van der Waals surface area contributed by atoms with Crippen molar-refractivity contribution in [2.24, 2.45) is 0 Å². The van der Waals surface area contributed by atoms with Gasteiger partial charge in [0.25, 0.3) is 0 Å². The second-order valence-corrected chi connectivity index (χ2v) is 4.29. The Hall–Kier alpha value is -3.35. The number of aromatic carboxylic acids is 3. The number of benzene rings is 2. The summed E-state index contributed by atoms with van der Waals surface area (Å²) < 4.78 is 5.38. The van der Waals surface area contributed by atoms with Crippen LogP contribution in [0.15, 0.2) is 42.5 Å². The Kier molecular flexibility index (Phi) is 4.08. The Labute approximate surface area is 124 Å². The second kappa shape index (κ2) is 5.96. The molecule has 0 aromatic heterocycles. The molecule has 0 saturated carbocycles. The molecule has 0 saturated heterocycles. The average molecular weight is 302 g/mol. The third kappa shape index (κ3) is 3.40. The first-order chi connectivity index (χ1) is 10.4. The highest BCUT2D eigenvalue weighted by atomic mass is 16.5. The van der Waals surface area contributed by atoms with Crippen molar-refractivity contribution >= 4 is 17.9 Å². The van der Waals surface area contributed by atoms with Gasteiger partial charge in [-0.05, 0) is 42.5 Å². The summed E-state index contributed by atoms with van der Waals surface area (Å²) in [6.45, 7) is 0. The molecule has 7 heteroatoms. The zero-order valence-corrected chi connectivity index (χ0v) is 11.0. The van der Waals surface area contributed by atoms with Crippen LogP contribution in [0.5, 0.6) is 11.5 Å². The summed E-state index contributed by atoms with van der Waals surface area (Å²) in [6.07, 6.45) is 0. The van der Waals surface area contributed by atoms with Crippen LogP contribution in [0, 0.1) is 0 Å². The summed E-state index contributed by atoms with van der Waals surface area (Å²) >= 11 is 0. The summed E-state index contributed by atoms with van der Waals surface area (Å²) in [5.74, 6) is -3.37. The van der Waals surface area contributed by atoms with Gasteiger partial charge in [0.15, 0.2) is 0 Å². The maximum Gasteiger partial charge on any atom is 0.335 e. The number of carboxylic acid groups (broad SMARTS) is 3. The fraction of sp³-hybridized carbons (Fsp3) is 0. The van der Waals surface area contributed by atoms with Crippen LogP contribution in [0.1, 0.15) is 31.1 Å². The van der Waals surface area contributed by atoms with E-state index in [0.717, 1.165) is 6.07 Å². The van der Waals surface area contributed by atoms with E-state index in [-0.39, 0.29) is 28.2 Å². The Morgan fingerprint density at radius 1 is 0.636 bits per heavy atom. The number of rotatable bonds is 5. The first kappa shape index (κ1) is 15.0. The molecule has 3 N–H and O–H groups in total. The van der Waals surface area contributed by atoms with Crippen molar-refractivity contribution in [2.75, 3.05) is 0 Å². The molecule has 0 aliphatic heterocycles. The Bertz CT molecular complexity index is 715. The van der Waals surface area contributed by atoms with Crippen LogP contribution < -0.4 is 4.74 Å². The van der Waals surface area contributed by atoms with Crippen LogP contribution in [0.25, 0.3) is 0 Å². The average Bonchev–Trinajstić information content (AvgIpc) is 2.47. The van der Waals surface area contributed by atoms with Crippen LogP contribution in [0.3, 0.4) is 0 Å². The molecule has 2 aromatic carbocycles. The fourth-order valence-corrected chi connectivity index (χ4v) is 1.71. The first-order valence-corrected chi connectivity index (χ1v) is 5.99. The molecular formula is C15H10O7. The SMILES string of the molecule is O=C(O)c1ccc(Oc2cc(C(=O)O)cc(C(=O)O)c2)cc1. The summed E-state index contributed by atoms with van der Waals surface area (Å²) in [6, 6.07) is 8.78. The number of carbonyl (C=O) groups is 3. The van der Waals surface area contributed by atoms with Crippen LogP contribution in [-0.4, -0.2) is 33.2 Å². The zero-order chi connectivity index (χ0) is 16.3. The molecule has 0 atom stereocenters. The van der Waals surface area contributed by atoms with Crippen LogP contribution in [0.2, 0.25) is 0 Å². The lowest BCUT2D eigenvalue weighted by Crippen LogP contribution is -2.03. The Morgan fingerprint density at radius 2 is 1.09 bits per heavy atom. The van der Waals surface area contributed by atoms with E-state index in [1.54, 1.807) is 0 Å². The highest BCUT2D eigenvalue weighted by Crippen LogP contribution is 2.24.